The van der Waals surface area contributed by atoms with Gasteiger partial charge in [-0.1, -0.05) is 45.7 Å². The Balaban J connectivity index is 1.86. The molecule has 0 unspecified atom stereocenters. The summed E-state index contributed by atoms with van der Waals surface area (Å²) in [5.74, 6) is 0.0796. The second-order valence-corrected chi connectivity index (χ2v) is 8.03. The van der Waals surface area contributed by atoms with E-state index in [1.807, 2.05) is 24.3 Å². The van der Waals surface area contributed by atoms with E-state index < -0.39 is 0 Å². The van der Waals surface area contributed by atoms with Gasteiger partial charge in [0.15, 0.2) is 5.78 Å². The molecule has 3 aromatic rings. The molecule has 1 atom stereocenters. The number of anilines is 1. The fourth-order valence-corrected chi connectivity index (χ4v) is 3.31. The minimum absolute atomic E-state index is 0.0796. The number of carbonyl (C=O) groups excluding carboxylic acids is 1. The van der Waals surface area contributed by atoms with E-state index >= 15 is 0 Å². The van der Waals surface area contributed by atoms with Crippen LogP contribution in [0.15, 0.2) is 71.2 Å². The summed E-state index contributed by atoms with van der Waals surface area (Å²) in [5, 5.41) is 4.16. The molecule has 2 nitrogen and oxygen atoms in total. The summed E-state index contributed by atoms with van der Waals surface area (Å²) < 4.78 is 1.01. The molecule has 0 aliphatic heterocycles. The second-order valence-electron chi connectivity index (χ2n) is 6.68. The Morgan fingerprint density at radius 1 is 0.963 bits per heavy atom. The molecular formula is C23H21BrClNO. The van der Waals surface area contributed by atoms with E-state index in [0.717, 1.165) is 15.7 Å². The third-order valence-corrected chi connectivity index (χ3v) is 5.46. The SMILES string of the molecule is Cc1ccc(N[C@H](CC(=O)c2ccc(Cl)cc2)c2ccc(Br)cc2)cc1C. The van der Waals surface area contributed by atoms with Crippen LogP contribution in [-0.4, -0.2) is 5.78 Å². The normalized spacial score (nSPS) is 11.9. The first-order chi connectivity index (χ1) is 12.9. The summed E-state index contributed by atoms with van der Waals surface area (Å²) in [6, 6.07) is 21.3. The zero-order valence-corrected chi connectivity index (χ0v) is 17.6. The van der Waals surface area contributed by atoms with Crippen LogP contribution in [-0.2, 0) is 0 Å². The summed E-state index contributed by atoms with van der Waals surface area (Å²) >= 11 is 9.41. The van der Waals surface area contributed by atoms with E-state index in [-0.39, 0.29) is 11.8 Å². The topological polar surface area (TPSA) is 29.1 Å². The molecule has 3 aromatic carbocycles. The lowest BCUT2D eigenvalue weighted by Crippen LogP contribution is -2.16. The maximum atomic E-state index is 12.8. The molecule has 138 valence electrons. The third-order valence-electron chi connectivity index (χ3n) is 4.68. The zero-order valence-electron chi connectivity index (χ0n) is 15.3. The largest absolute Gasteiger partial charge is 0.378 e. The van der Waals surface area contributed by atoms with Crippen LogP contribution >= 0.6 is 27.5 Å². The highest BCUT2D eigenvalue weighted by Gasteiger charge is 2.18. The highest BCUT2D eigenvalue weighted by Crippen LogP contribution is 2.27. The minimum Gasteiger partial charge on any atom is -0.378 e. The maximum Gasteiger partial charge on any atom is 0.165 e. The van der Waals surface area contributed by atoms with Crippen molar-refractivity contribution in [2.45, 2.75) is 26.3 Å². The van der Waals surface area contributed by atoms with Gasteiger partial charge < -0.3 is 5.32 Å². The lowest BCUT2D eigenvalue weighted by Gasteiger charge is -2.21. The Hall–Kier alpha value is -2.10. The van der Waals surface area contributed by atoms with E-state index in [1.54, 1.807) is 24.3 Å². The van der Waals surface area contributed by atoms with Crippen molar-refractivity contribution < 1.29 is 4.79 Å². The molecule has 4 heteroatoms. The van der Waals surface area contributed by atoms with Gasteiger partial charge in [0, 0.05) is 27.2 Å². The lowest BCUT2D eigenvalue weighted by molar-refractivity contribution is 0.0976. The summed E-state index contributed by atoms with van der Waals surface area (Å²) in [7, 11) is 0. The van der Waals surface area contributed by atoms with Gasteiger partial charge in [0.1, 0.15) is 0 Å². The van der Waals surface area contributed by atoms with Crippen molar-refractivity contribution in [1.82, 2.24) is 0 Å². The van der Waals surface area contributed by atoms with E-state index in [4.69, 9.17) is 11.6 Å². The number of benzene rings is 3. The van der Waals surface area contributed by atoms with Crippen LogP contribution in [0.4, 0.5) is 5.69 Å². The van der Waals surface area contributed by atoms with Gasteiger partial charge in [-0.3, -0.25) is 4.79 Å². The molecule has 0 heterocycles. The van der Waals surface area contributed by atoms with Crippen LogP contribution < -0.4 is 5.32 Å². The quantitative estimate of drug-likeness (QED) is 0.411. The number of hydrogen-bond acceptors (Lipinski definition) is 2. The van der Waals surface area contributed by atoms with E-state index in [0.29, 0.717) is 17.0 Å². The predicted molar refractivity (Wildman–Crippen MR) is 117 cm³/mol. The van der Waals surface area contributed by atoms with Crippen molar-refractivity contribution in [3.63, 3.8) is 0 Å². The molecule has 0 aromatic heterocycles. The van der Waals surface area contributed by atoms with Crippen molar-refractivity contribution in [3.8, 4) is 0 Å². The van der Waals surface area contributed by atoms with Crippen LogP contribution in [0.2, 0.25) is 5.02 Å². The van der Waals surface area contributed by atoms with E-state index in [1.165, 1.54) is 11.1 Å². The summed E-state index contributed by atoms with van der Waals surface area (Å²) in [4.78, 5) is 12.8. The number of rotatable bonds is 6. The van der Waals surface area contributed by atoms with Gasteiger partial charge in [-0.05, 0) is 79.1 Å². The van der Waals surface area contributed by atoms with Gasteiger partial charge in [0.25, 0.3) is 0 Å². The summed E-state index contributed by atoms with van der Waals surface area (Å²) in [5.41, 5.74) is 5.22. The molecule has 3 rings (SSSR count). The Bertz CT molecular complexity index is 936. The van der Waals surface area contributed by atoms with Crippen LogP contribution in [0.5, 0.6) is 0 Å². The van der Waals surface area contributed by atoms with Gasteiger partial charge in [-0.15, -0.1) is 0 Å². The molecule has 1 N–H and O–H groups in total. The van der Waals surface area contributed by atoms with E-state index in [2.05, 4.69) is 53.3 Å². The van der Waals surface area contributed by atoms with Gasteiger partial charge in [0.05, 0.1) is 6.04 Å². The summed E-state index contributed by atoms with van der Waals surface area (Å²) in [6.07, 6.45) is 0.357. The van der Waals surface area contributed by atoms with Crippen molar-refractivity contribution in [1.29, 1.82) is 0 Å². The van der Waals surface area contributed by atoms with Crippen molar-refractivity contribution in [2.75, 3.05) is 5.32 Å². The molecular weight excluding hydrogens is 422 g/mol. The first-order valence-corrected chi connectivity index (χ1v) is 9.97. The smallest absolute Gasteiger partial charge is 0.165 e. The predicted octanol–water partition coefficient (Wildman–Crippen LogP) is 7.15. The Kier molecular flexibility index (Phi) is 6.35. The molecule has 0 amide bonds. The molecule has 0 aliphatic carbocycles. The molecule has 0 bridgehead atoms. The number of carbonyl (C=O) groups is 1. The van der Waals surface area contributed by atoms with Gasteiger partial charge in [-0.2, -0.15) is 0 Å². The average molecular weight is 443 g/mol. The first kappa shape index (κ1) is 19.7. The standard InChI is InChI=1S/C23H21BrClNO/c1-15-3-12-21(13-16(15)2)26-22(17-4-8-19(24)9-5-17)14-23(27)18-6-10-20(25)11-7-18/h3-13,22,26H,14H2,1-2H3/t22-/m1/s1. The maximum absolute atomic E-state index is 12.8. The lowest BCUT2D eigenvalue weighted by atomic mass is 9.97. The molecule has 0 saturated heterocycles. The fourth-order valence-electron chi connectivity index (χ4n) is 2.92. The van der Waals surface area contributed by atoms with Crippen LogP contribution in [0.1, 0.15) is 39.5 Å². The van der Waals surface area contributed by atoms with Gasteiger partial charge in [-0.25, -0.2) is 0 Å². The number of halogens is 2. The molecule has 0 radical (unpaired) electrons. The Morgan fingerprint density at radius 3 is 2.26 bits per heavy atom. The highest BCUT2D eigenvalue weighted by atomic mass is 79.9. The van der Waals surface area contributed by atoms with Crippen molar-refractivity contribution in [3.05, 3.63) is 98.5 Å². The van der Waals surface area contributed by atoms with Crippen molar-refractivity contribution >= 4 is 39.0 Å². The van der Waals surface area contributed by atoms with E-state index in [9.17, 15) is 4.79 Å². The number of aryl methyl sites for hydroxylation is 2. The molecule has 0 fully saturated rings. The third kappa shape index (κ3) is 5.21. The number of nitrogens with one attached hydrogen (secondary N) is 1. The van der Waals surface area contributed by atoms with Gasteiger partial charge in [0.2, 0.25) is 0 Å². The monoisotopic (exact) mass is 441 g/mol. The summed E-state index contributed by atoms with van der Waals surface area (Å²) in [6.45, 7) is 4.18. The van der Waals surface area contributed by atoms with Crippen LogP contribution in [0.3, 0.4) is 0 Å². The Labute approximate surface area is 173 Å². The Morgan fingerprint density at radius 2 is 1.63 bits per heavy atom. The molecule has 0 saturated carbocycles. The van der Waals surface area contributed by atoms with Crippen LogP contribution in [0, 0.1) is 13.8 Å². The second kappa shape index (κ2) is 8.73. The molecule has 0 aliphatic rings. The molecule has 27 heavy (non-hydrogen) atoms. The fraction of sp³-hybridized carbons (Fsp3) is 0.174. The van der Waals surface area contributed by atoms with Gasteiger partial charge >= 0.3 is 0 Å². The zero-order chi connectivity index (χ0) is 19.4. The molecule has 0 spiro atoms. The highest BCUT2D eigenvalue weighted by molar-refractivity contribution is 9.10. The average Bonchev–Trinajstić information content (AvgIpc) is 2.65. The van der Waals surface area contributed by atoms with Crippen molar-refractivity contribution in [2.24, 2.45) is 0 Å². The number of Topliss-reactive ketones (excluding diaryl/α,β-unsaturated/α-hetero) is 1. The minimum atomic E-state index is -0.122. The van der Waals surface area contributed by atoms with Crippen LogP contribution in [0.25, 0.3) is 0 Å². The number of ketones is 1. The first-order valence-electron chi connectivity index (χ1n) is 8.80. The number of hydrogen-bond donors (Lipinski definition) is 1.